The van der Waals surface area contributed by atoms with Crippen LogP contribution in [0.4, 0.5) is 5.69 Å². The molecule has 0 spiro atoms. The number of carbonyl (C=O) groups excluding carboxylic acids is 2. The summed E-state index contributed by atoms with van der Waals surface area (Å²) in [6.07, 6.45) is 0. The summed E-state index contributed by atoms with van der Waals surface area (Å²) >= 11 is 0. The monoisotopic (exact) mass is 235 g/mol. The van der Waals surface area contributed by atoms with E-state index in [4.69, 9.17) is 11.5 Å². The van der Waals surface area contributed by atoms with E-state index in [2.05, 4.69) is 5.32 Å². The SMILES string of the molecule is CC(C)[C@H](N)C(=O)Nc1cccc(C(N)=O)c1. The molecule has 2 amide bonds. The predicted octanol–water partition coefficient (Wildman–Crippen LogP) is 0.707. The summed E-state index contributed by atoms with van der Waals surface area (Å²) in [6.45, 7) is 3.73. The molecule has 0 saturated carbocycles. The smallest absolute Gasteiger partial charge is 0.248 e. The maximum atomic E-state index is 11.7. The van der Waals surface area contributed by atoms with Crippen molar-refractivity contribution in [3.05, 3.63) is 29.8 Å². The lowest BCUT2D eigenvalue weighted by Gasteiger charge is -2.15. The van der Waals surface area contributed by atoms with Gasteiger partial charge in [0, 0.05) is 11.3 Å². The van der Waals surface area contributed by atoms with Gasteiger partial charge >= 0.3 is 0 Å². The van der Waals surface area contributed by atoms with Crippen LogP contribution in [0.5, 0.6) is 0 Å². The number of hydrogen-bond acceptors (Lipinski definition) is 3. The maximum absolute atomic E-state index is 11.7. The molecule has 1 aromatic rings. The first-order valence-corrected chi connectivity index (χ1v) is 5.38. The van der Waals surface area contributed by atoms with Crippen LogP contribution < -0.4 is 16.8 Å². The highest BCUT2D eigenvalue weighted by atomic mass is 16.2. The lowest BCUT2D eigenvalue weighted by molar-refractivity contribution is -0.118. The van der Waals surface area contributed by atoms with Crippen molar-refractivity contribution >= 4 is 17.5 Å². The Morgan fingerprint density at radius 1 is 1.29 bits per heavy atom. The summed E-state index contributed by atoms with van der Waals surface area (Å²) in [5, 5.41) is 2.65. The van der Waals surface area contributed by atoms with E-state index in [0.717, 1.165) is 0 Å². The van der Waals surface area contributed by atoms with Gasteiger partial charge in [-0.25, -0.2) is 0 Å². The number of anilines is 1. The topological polar surface area (TPSA) is 98.2 Å². The van der Waals surface area contributed by atoms with Crippen molar-refractivity contribution in [1.82, 2.24) is 0 Å². The van der Waals surface area contributed by atoms with Gasteiger partial charge in [0.2, 0.25) is 11.8 Å². The molecule has 0 aliphatic carbocycles. The fraction of sp³-hybridized carbons (Fsp3) is 0.333. The molecule has 0 aromatic heterocycles. The van der Waals surface area contributed by atoms with E-state index in [-0.39, 0.29) is 11.8 Å². The number of nitrogens with two attached hydrogens (primary N) is 2. The molecule has 1 rings (SSSR count). The van der Waals surface area contributed by atoms with Gasteiger partial charge in [-0.3, -0.25) is 9.59 Å². The fourth-order valence-corrected chi connectivity index (χ4v) is 1.28. The van der Waals surface area contributed by atoms with Crippen LogP contribution in [0.15, 0.2) is 24.3 Å². The Hall–Kier alpha value is -1.88. The van der Waals surface area contributed by atoms with Gasteiger partial charge in [0.25, 0.3) is 0 Å². The number of amides is 2. The Balaban J connectivity index is 2.78. The average molecular weight is 235 g/mol. The van der Waals surface area contributed by atoms with Crippen molar-refractivity contribution in [2.45, 2.75) is 19.9 Å². The summed E-state index contributed by atoms with van der Waals surface area (Å²) in [6, 6.07) is 5.86. The Labute approximate surface area is 100 Å². The van der Waals surface area contributed by atoms with Gasteiger partial charge in [-0.05, 0) is 24.1 Å². The zero-order chi connectivity index (χ0) is 13.0. The van der Waals surface area contributed by atoms with Crippen LogP contribution in [0.25, 0.3) is 0 Å². The van der Waals surface area contributed by atoms with Gasteiger partial charge in [0.05, 0.1) is 6.04 Å². The minimum absolute atomic E-state index is 0.0503. The number of benzene rings is 1. The maximum Gasteiger partial charge on any atom is 0.248 e. The van der Waals surface area contributed by atoms with Gasteiger partial charge in [0.15, 0.2) is 0 Å². The second-order valence-electron chi connectivity index (χ2n) is 4.20. The largest absolute Gasteiger partial charge is 0.366 e. The van der Waals surface area contributed by atoms with Gasteiger partial charge in [0.1, 0.15) is 0 Å². The van der Waals surface area contributed by atoms with Crippen LogP contribution in [0, 0.1) is 5.92 Å². The highest BCUT2D eigenvalue weighted by molar-refractivity contribution is 5.97. The summed E-state index contributed by atoms with van der Waals surface area (Å²) < 4.78 is 0. The quantitative estimate of drug-likeness (QED) is 0.716. The Kier molecular flexibility index (Phi) is 4.23. The number of rotatable bonds is 4. The normalized spacial score (nSPS) is 12.2. The van der Waals surface area contributed by atoms with Crippen LogP contribution in [-0.2, 0) is 4.79 Å². The summed E-state index contributed by atoms with van der Waals surface area (Å²) in [4.78, 5) is 22.6. The highest BCUT2D eigenvalue weighted by Gasteiger charge is 2.17. The number of carbonyl (C=O) groups is 2. The molecule has 0 fully saturated rings. The molecule has 0 bridgehead atoms. The van der Waals surface area contributed by atoms with E-state index in [1.54, 1.807) is 18.2 Å². The van der Waals surface area contributed by atoms with E-state index in [0.29, 0.717) is 11.3 Å². The lowest BCUT2D eigenvalue weighted by Crippen LogP contribution is -2.39. The Morgan fingerprint density at radius 2 is 1.94 bits per heavy atom. The van der Waals surface area contributed by atoms with E-state index in [9.17, 15) is 9.59 Å². The van der Waals surface area contributed by atoms with Crippen molar-refractivity contribution in [3.8, 4) is 0 Å². The minimum Gasteiger partial charge on any atom is -0.366 e. The Bertz CT molecular complexity index is 430. The molecular formula is C12H17N3O2. The molecule has 92 valence electrons. The second kappa shape index (κ2) is 5.45. The fourth-order valence-electron chi connectivity index (χ4n) is 1.28. The first kappa shape index (κ1) is 13.2. The molecule has 1 atom stereocenters. The second-order valence-corrected chi connectivity index (χ2v) is 4.20. The standard InChI is InChI=1S/C12H17N3O2/c1-7(2)10(13)12(17)15-9-5-3-4-8(6-9)11(14)16/h3-7,10H,13H2,1-2H3,(H2,14,16)(H,15,17)/t10-/m0/s1. The summed E-state index contributed by atoms with van der Waals surface area (Å²) in [5.41, 5.74) is 11.7. The molecule has 17 heavy (non-hydrogen) atoms. The number of hydrogen-bond donors (Lipinski definition) is 3. The summed E-state index contributed by atoms with van der Waals surface area (Å²) in [5.74, 6) is -0.759. The zero-order valence-corrected chi connectivity index (χ0v) is 9.94. The van der Waals surface area contributed by atoms with Gasteiger partial charge in [-0.1, -0.05) is 19.9 Å². The first-order valence-electron chi connectivity index (χ1n) is 5.38. The molecule has 5 N–H and O–H groups in total. The molecule has 0 unspecified atom stereocenters. The van der Waals surface area contributed by atoms with Crippen LogP contribution in [0.1, 0.15) is 24.2 Å². The van der Waals surface area contributed by atoms with E-state index in [1.807, 2.05) is 13.8 Å². The van der Waals surface area contributed by atoms with Gasteiger partial charge in [-0.2, -0.15) is 0 Å². The van der Waals surface area contributed by atoms with Crippen molar-refractivity contribution in [1.29, 1.82) is 0 Å². The van der Waals surface area contributed by atoms with Crippen molar-refractivity contribution in [3.63, 3.8) is 0 Å². The third kappa shape index (κ3) is 3.57. The molecule has 0 aliphatic heterocycles. The van der Waals surface area contributed by atoms with Crippen molar-refractivity contribution in [2.24, 2.45) is 17.4 Å². The van der Waals surface area contributed by atoms with Crippen LogP contribution >= 0.6 is 0 Å². The zero-order valence-electron chi connectivity index (χ0n) is 9.94. The molecular weight excluding hydrogens is 218 g/mol. The molecule has 0 radical (unpaired) electrons. The van der Waals surface area contributed by atoms with Crippen LogP contribution in [0.2, 0.25) is 0 Å². The number of primary amides is 1. The van der Waals surface area contributed by atoms with E-state index >= 15 is 0 Å². The number of nitrogens with one attached hydrogen (secondary N) is 1. The lowest BCUT2D eigenvalue weighted by atomic mass is 10.0. The Morgan fingerprint density at radius 3 is 2.47 bits per heavy atom. The van der Waals surface area contributed by atoms with E-state index in [1.165, 1.54) is 6.07 Å². The molecule has 5 nitrogen and oxygen atoms in total. The predicted molar refractivity (Wildman–Crippen MR) is 66.4 cm³/mol. The molecule has 5 heteroatoms. The third-order valence-corrected chi connectivity index (χ3v) is 2.44. The third-order valence-electron chi connectivity index (χ3n) is 2.44. The molecule has 1 aromatic carbocycles. The van der Waals surface area contributed by atoms with Crippen LogP contribution in [-0.4, -0.2) is 17.9 Å². The summed E-state index contributed by atoms with van der Waals surface area (Å²) in [7, 11) is 0. The van der Waals surface area contributed by atoms with Crippen molar-refractivity contribution < 1.29 is 9.59 Å². The molecule has 0 saturated heterocycles. The van der Waals surface area contributed by atoms with E-state index < -0.39 is 11.9 Å². The van der Waals surface area contributed by atoms with Crippen LogP contribution in [0.3, 0.4) is 0 Å². The van der Waals surface area contributed by atoms with Gasteiger partial charge < -0.3 is 16.8 Å². The van der Waals surface area contributed by atoms with Crippen molar-refractivity contribution in [2.75, 3.05) is 5.32 Å². The van der Waals surface area contributed by atoms with Gasteiger partial charge in [-0.15, -0.1) is 0 Å². The molecule has 0 aliphatic rings. The molecule has 0 heterocycles. The average Bonchev–Trinajstić information content (AvgIpc) is 2.28. The highest BCUT2D eigenvalue weighted by Crippen LogP contribution is 2.11. The first-order chi connectivity index (χ1) is 7.91. The minimum atomic E-state index is -0.577.